The van der Waals surface area contributed by atoms with Gasteiger partial charge in [0.2, 0.25) is 0 Å². The molecule has 2 atom stereocenters. The topological polar surface area (TPSA) is 87.2 Å². The molecule has 1 saturated heterocycles. The van der Waals surface area contributed by atoms with Crippen LogP contribution in [0.2, 0.25) is 5.15 Å². The lowest BCUT2D eigenvalue weighted by Crippen LogP contribution is -2.43. The molecular formula is C22H25ClN6O2. The van der Waals surface area contributed by atoms with Crippen molar-refractivity contribution in [3.05, 3.63) is 41.1 Å². The summed E-state index contributed by atoms with van der Waals surface area (Å²) < 4.78 is 4.99. The largest absolute Gasteiger partial charge is 0.469 e. The first-order valence-electron chi connectivity index (χ1n) is 10.6. The Morgan fingerprint density at radius 3 is 3.06 bits per heavy atom. The molecule has 31 heavy (non-hydrogen) atoms. The smallest absolute Gasteiger partial charge is 0.310 e. The van der Waals surface area contributed by atoms with E-state index in [1.165, 1.54) is 7.11 Å². The average molecular weight is 441 g/mol. The Bertz CT molecular complexity index is 1130. The number of nitrogens with zero attached hydrogens (tertiary/aromatic N) is 5. The van der Waals surface area contributed by atoms with E-state index in [0.29, 0.717) is 18.2 Å². The molecular weight excluding hydrogens is 416 g/mol. The quantitative estimate of drug-likeness (QED) is 0.493. The first-order valence-corrected chi connectivity index (χ1v) is 11.0. The summed E-state index contributed by atoms with van der Waals surface area (Å²) in [5.41, 5.74) is 4.01. The van der Waals surface area contributed by atoms with Crippen molar-refractivity contribution in [1.29, 1.82) is 0 Å². The summed E-state index contributed by atoms with van der Waals surface area (Å²) in [6.07, 6.45) is 6.12. The summed E-state index contributed by atoms with van der Waals surface area (Å²) in [5, 5.41) is 1.51. The Morgan fingerprint density at radius 1 is 1.35 bits per heavy atom. The zero-order valence-corrected chi connectivity index (χ0v) is 18.4. The second-order valence-electron chi connectivity index (χ2n) is 8.32. The van der Waals surface area contributed by atoms with Gasteiger partial charge in [-0.1, -0.05) is 11.6 Å². The van der Waals surface area contributed by atoms with Gasteiger partial charge in [0, 0.05) is 49.2 Å². The van der Waals surface area contributed by atoms with Crippen molar-refractivity contribution >= 4 is 40.1 Å². The minimum Gasteiger partial charge on any atom is -0.469 e. The highest BCUT2D eigenvalue weighted by Crippen LogP contribution is 2.37. The number of rotatable bonds is 3. The number of carbonyl (C=O) groups is 1. The number of H-pyrrole nitrogens is 1. The van der Waals surface area contributed by atoms with E-state index in [1.807, 2.05) is 18.3 Å². The van der Waals surface area contributed by atoms with Crippen molar-refractivity contribution in [2.24, 2.45) is 5.92 Å². The van der Waals surface area contributed by atoms with Crippen LogP contribution in [-0.2, 0) is 22.5 Å². The van der Waals surface area contributed by atoms with E-state index in [-0.39, 0.29) is 17.9 Å². The number of pyridine rings is 1. The van der Waals surface area contributed by atoms with E-state index in [9.17, 15) is 4.79 Å². The SMILES string of the molecule is COC(=O)C1CCCN(c2ncnc3c2CN(c2cc(Cl)nc4[nH]ccc24)C(C)C3)C1. The van der Waals surface area contributed by atoms with E-state index in [4.69, 9.17) is 16.3 Å². The number of hydrogen-bond donors (Lipinski definition) is 1. The van der Waals surface area contributed by atoms with Gasteiger partial charge in [-0.3, -0.25) is 4.79 Å². The van der Waals surface area contributed by atoms with Crippen LogP contribution in [0, 0.1) is 5.92 Å². The van der Waals surface area contributed by atoms with Gasteiger partial charge in [-0.05, 0) is 31.9 Å². The molecule has 0 bridgehead atoms. The first kappa shape index (κ1) is 20.1. The molecule has 0 radical (unpaired) electrons. The number of anilines is 2. The second kappa shape index (κ2) is 8.00. The highest BCUT2D eigenvalue weighted by Gasteiger charge is 2.33. The van der Waals surface area contributed by atoms with E-state index in [0.717, 1.165) is 59.6 Å². The van der Waals surface area contributed by atoms with Crippen molar-refractivity contribution in [3.8, 4) is 0 Å². The van der Waals surface area contributed by atoms with E-state index < -0.39 is 0 Å². The van der Waals surface area contributed by atoms with Crippen molar-refractivity contribution in [1.82, 2.24) is 19.9 Å². The molecule has 2 unspecified atom stereocenters. The molecule has 5 rings (SSSR count). The molecule has 0 aliphatic carbocycles. The van der Waals surface area contributed by atoms with Crippen LogP contribution in [0.15, 0.2) is 24.7 Å². The van der Waals surface area contributed by atoms with Crippen LogP contribution in [-0.4, -0.2) is 52.1 Å². The number of nitrogens with one attached hydrogen (secondary N) is 1. The van der Waals surface area contributed by atoms with Gasteiger partial charge in [-0.15, -0.1) is 0 Å². The first-order chi connectivity index (χ1) is 15.0. The Hall–Kier alpha value is -2.87. The lowest BCUT2D eigenvalue weighted by atomic mass is 9.95. The second-order valence-corrected chi connectivity index (χ2v) is 8.70. The predicted molar refractivity (Wildman–Crippen MR) is 119 cm³/mol. The highest BCUT2D eigenvalue weighted by atomic mass is 35.5. The number of hydrogen-bond acceptors (Lipinski definition) is 7. The van der Waals surface area contributed by atoms with Crippen molar-refractivity contribution in [2.45, 2.75) is 38.8 Å². The lowest BCUT2D eigenvalue weighted by Gasteiger charge is -2.39. The van der Waals surface area contributed by atoms with E-state index in [1.54, 1.807) is 6.33 Å². The number of aromatic nitrogens is 4. The molecule has 0 spiro atoms. The average Bonchev–Trinajstić information content (AvgIpc) is 3.25. The third kappa shape index (κ3) is 3.59. The molecule has 0 aromatic carbocycles. The van der Waals surface area contributed by atoms with Crippen LogP contribution in [0.1, 0.15) is 31.0 Å². The van der Waals surface area contributed by atoms with E-state index in [2.05, 4.69) is 36.7 Å². The lowest BCUT2D eigenvalue weighted by molar-refractivity contribution is -0.145. The number of piperidine rings is 1. The zero-order chi connectivity index (χ0) is 21.5. The van der Waals surface area contributed by atoms with Crippen LogP contribution in [0.3, 0.4) is 0 Å². The summed E-state index contributed by atoms with van der Waals surface area (Å²) >= 11 is 6.33. The van der Waals surface area contributed by atoms with Gasteiger partial charge in [0.15, 0.2) is 0 Å². The van der Waals surface area contributed by atoms with Crippen LogP contribution in [0.4, 0.5) is 11.5 Å². The summed E-state index contributed by atoms with van der Waals surface area (Å²) in [7, 11) is 1.45. The molecule has 0 saturated carbocycles. The number of carbonyl (C=O) groups excluding carboxylic acids is 1. The van der Waals surface area contributed by atoms with Crippen LogP contribution < -0.4 is 9.80 Å². The Morgan fingerprint density at radius 2 is 2.23 bits per heavy atom. The fourth-order valence-electron chi connectivity index (χ4n) is 4.84. The third-order valence-corrected chi connectivity index (χ3v) is 6.60. The number of halogens is 1. The fraction of sp³-hybridized carbons (Fsp3) is 0.455. The van der Waals surface area contributed by atoms with Crippen LogP contribution >= 0.6 is 11.6 Å². The summed E-state index contributed by atoms with van der Waals surface area (Å²) in [5.74, 6) is 0.645. The molecule has 1 fully saturated rings. The number of esters is 1. The van der Waals surface area contributed by atoms with Gasteiger partial charge in [-0.25, -0.2) is 15.0 Å². The molecule has 5 heterocycles. The summed E-state index contributed by atoms with van der Waals surface area (Å²) in [6, 6.07) is 4.21. The minimum absolute atomic E-state index is 0.124. The number of ether oxygens (including phenoxy) is 1. The Balaban J connectivity index is 1.51. The maximum absolute atomic E-state index is 12.1. The monoisotopic (exact) mass is 440 g/mol. The standard InChI is InChI=1S/C22H25ClN6O2/c1-13-8-17-16(11-29(13)18-9-19(23)27-20-15(18)5-6-24-20)21(26-12-25-17)28-7-3-4-14(10-28)22(30)31-2/h5-6,9,12-14H,3-4,7-8,10-11H2,1-2H3,(H,24,27). The highest BCUT2D eigenvalue weighted by molar-refractivity contribution is 6.30. The van der Waals surface area contributed by atoms with Crippen LogP contribution in [0.5, 0.6) is 0 Å². The van der Waals surface area contributed by atoms with Gasteiger partial charge in [0.05, 0.1) is 24.4 Å². The van der Waals surface area contributed by atoms with Gasteiger partial charge in [0.1, 0.15) is 22.9 Å². The molecule has 162 valence electrons. The summed E-state index contributed by atoms with van der Waals surface area (Å²) in [6.45, 7) is 4.36. The predicted octanol–water partition coefficient (Wildman–Crippen LogP) is 3.35. The summed E-state index contributed by atoms with van der Waals surface area (Å²) in [4.78, 5) is 33.5. The van der Waals surface area contributed by atoms with Crippen molar-refractivity contribution < 1.29 is 9.53 Å². The molecule has 8 nitrogen and oxygen atoms in total. The molecule has 2 aliphatic heterocycles. The molecule has 3 aromatic rings. The normalized spacial score (nSPS) is 21.3. The molecule has 1 N–H and O–H groups in total. The van der Waals surface area contributed by atoms with Gasteiger partial charge in [0.25, 0.3) is 0 Å². The van der Waals surface area contributed by atoms with Crippen molar-refractivity contribution in [2.75, 3.05) is 30.0 Å². The maximum atomic E-state index is 12.1. The number of aromatic amines is 1. The zero-order valence-electron chi connectivity index (χ0n) is 17.6. The van der Waals surface area contributed by atoms with Gasteiger partial charge in [-0.2, -0.15) is 0 Å². The minimum atomic E-state index is -0.149. The fourth-order valence-corrected chi connectivity index (χ4v) is 5.03. The van der Waals surface area contributed by atoms with Gasteiger partial charge < -0.3 is 19.5 Å². The van der Waals surface area contributed by atoms with Crippen LogP contribution in [0.25, 0.3) is 11.0 Å². The maximum Gasteiger partial charge on any atom is 0.310 e. The van der Waals surface area contributed by atoms with Crippen molar-refractivity contribution in [3.63, 3.8) is 0 Å². The number of fused-ring (bicyclic) bond motifs is 2. The molecule has 9 heteroatoms. The number of methoxy groups -OCH3 is 1. The molecule has 2 aliphatic rings. The Kier molecular flexibility index (Phi) is 5.17. The Labute approximate surface area is 185 Å². The molecule has 0 amide bonds. The van der Waals surface area contributed by atoms with Gasteiger partial charge >= 0.3 is 5.97 Å². The molecule has 3 aromatic heterocycles. The van der Waals surface area contributed by atoms with E-state index >= 15 is 0 Å². The third-order valence-electron chi connectivity index (χ3n) is 6.40.